The van der Waals surface area contributed by atoms with E-state index in [9.17, 15) is 9.59 Å². The number of carbonyl (C=O) groups is 2. The SMILES string of the molecule is C=CC(=O)Nc1cccc(-c2cc(-c3ccc(C(=O)Nc4cc(C#N)ccn4)cc3F)cc3cncnc23)c1. The van der Waals surface area contributed by atoms with Gasteiger partial charge in [-0.2, -0.15) is 5.26 Å². The first-order valence-electron chi connectivity index (χ1n) is 11.7. The molecule has 2 amide bonds. The van der Waals surface area contributed by atoms with Crippen LogP contribution in [0.25, 0.3) is 33.2 Å². The van der Waals surface area contributed by atoms with Crippen LogP contribution in [0, 0.1) is 17.1 Å². The molecule has 39 heavy (non-hydrogen) atoms. The van der Waals surface area contributed by atoms with Crippen molar-refractivity contribution in [3.63, 3.8) is 0 Å². The van der Waals surface area contributed by atoms with Gasteiger partial charge in [0.15, 0.2) is 0 Å². The summed E-state index contributed by atoms with van der Waals surface area (Å²) < 4.78 is 15.4. The molecule has 0 atom stereocenters. The van der Waals surface area contributed by atoms with Gasteiger partial charge < -0.3 is 10.6 Å². The van der Waals surface area contributed by atoms with E-state index in [0.29, 0.717) is 33.3 Å². The van der Waals surface area contributed by atoms with Crippen molar-refractivity contribution >= 4 is 34.2 Å². The maximum absolute atomic E-state index is 15.4. The maximum atomic E-state index is 15.4. The lowest BCUT2D eigenvalue weighted by Crippen LogP contribution is -2.13. The van der Waals surface area contributed by atoms with Gasteiger partial charge >= 0.3 is 0 Å². The van der Waals surface area contributed by atoms with Gasteiger partial charge in [0.25, 0.3) is 5.91 Å². The summed E-state index contributed by atoms with van der Waals surface area (Å²) in [6, 6.07) is 19.9. The van der Waals surface area contributed by atoms with Crippen LogP contribution in [0.2, 0.25) is 0 Å². The Bertz CT molecular complexity index is 1810. The van der Waals surface area contributed by atoms with Crippen molar-refractivity contribution in [3.8, 4) is 28.3 Å². The molecule has 0 radical (unpaired) electrons. The van der Waals surface area contributed by atoms with Crippen molar-refractivity contribution in [2.24, 2.45) is 0 Å². The predicted molar refractivity (Wildman–Crippen MR) is 146 cm³/mol. The molecule has 0 aliphatic carbocycles. The second-order valence-electron chi connectivity index (χ2n) is 8.45. The number of rotatable bonds is 6. The number of hydrogen-bond acceptors (Lipinski definition) is 6. The molecule has 0 unspecified atom stereocenters. The van der Waals surface area contributed by atoms with Crippen molar-refractivity contribution in [2.45, 2.75) is 0 Å². The Labute approximate surface area is 222 Å². The zero-order valence-electron chi connectivity index (χ0n) is 20.4. The first-order valence-corrected chi connectivity index (χ1v) is 11.7. The highest BCUT2D eigenvalue weighted by Crippen LogP contribution is 2.35. The number of aromatic nitrogens is 3. The number of pyridine rings is 1. The van der Waals surface area contributed by atoms with Gasteiger partial charge in [0.05, 0.1) is 17.1 Å². The molecule has 2 heterocycles. The molecule has 5 rings (SSSR count). The van der Waals surface area contributed by atoms with Gasteiger partial charge in [-0.1, -0.05) is 24.8 Å². The summed E-state index contributed by atoms with van der Waals surface area (Å²) >= 11 is 0. The molecule has 0 aliphatic heterocycles. The molecule has 5 aromatic rings. The Morgan fingerprint density at radius 2 is 1.82 bits per heavy atom. The third kappa shape index (κ3) is 5.35. The van der Waals surface area contributed by atoms with Crippen LogP contribution in [-0.4, -0.2) is 26.8 Å². The van der Waals surface area contributed by atoms with Crippen molar-refractivity contribution in [1.82, 2.24) is 15.0 Å². The van der Waals surface area contributed by atoms with E-state index in [1.807, 2.05) is 12.1 Å². The summed E-state index contributed by atoms with van der Waals surface area (Å²) in [4.78, 5) is 37.0. The first kappa shape index (κ1) is 24.9. The van der Waals surface area contributed by atoms with E-state index in [-0.39, 0.29) is 22.9 Å². The minimum absolute atomic E-state index is 0.0930. The Balaban J connectivity index is 1.52. The van der Waals surface area contributed by atoms with E-state index in [1.165, 1.54) is 42.9 Å². The number of amides is 2. The van der Waals surface area contributed by atoms with Gasteiger partial charge in [0, 0.05) is 40.2 Å². The summed E-state index contributed by atoms with van der Waals surface area (Å²) in [6.07, 6.45) is 5.66. The van der Waals surface area contributed by atoms with Crippen molar-refractivity contribution in [2.75, 3.05) is 10.6 Å². The minimum atomic E-state index is -0.601. The van der Waals surface area contributed by atoms with Crippen LogP contribution in [-0.2, 0) is 4.79 Å². The molecule has 0 bridgehead atoms. The maximum Gasteiger partial charge on any atom is 0.256 e. The summed E-state index contributed by atoms with van der Waals surface area (Å²) in [5, 5.41) is 15.0. The highest BCUT2D eigenvalue weighted by molar-refractivity contribution is 6.04. The molecule has 3 aromatic carbocycles. The first-order chi connectivity index (χ1) is 18.9. The van der Waals surface area contributed by atoms with Crippen molar-refractivity contribution in [1.29, 1.82) is 5.26 Å². The second-order valence-corrected chi connectivity index (χ2v) is 8.45. The molecular formula is C30H19FN6O2. The topological polar surface area (TPSA) is 121 Å². The number of halogens is 1. The van der Waals surface area contributed by atoms with Gasteiger partial charge in [0.1, 0.15) is 18.0 Å². The lowest BCUT2D eigenvalue weighted by Gasteiger charge is -2.13. The summed E-state index contributed by atoms with van der Waals surface area (Å²) in [7, 11) is 0. The third-order valence-electron chi connectivity index (χ3n) is 5.91. The molecule has 0 aliphatic rings. The molecule has 0 spiro atoms. The number of nitrogens with zero attached hydrogens (tertiary/aromatic N) is 4. The van der Waals surface area contributed by atoms with Crippen LogP contribution in [0.15, 0.2) is 98.1 Å². The van der Waals surface area contributed by atoms with E-state index in [2.05, 4.69) is 32.2 Å². The quantitative estimate of drug-likeness (QED) is 0.279. The van der Waals surface area contributed by atoms with Crippen LogP contribution >= 0.6 is 0 Å². The number of fused-ring (bicyclic) bond motifs is 1. The second kappa shape index (κ2) is 10.7. The van der Waals surface area contributed by atoms with E-state index >= 15 is 4.39 Å². The van der Waals surface area contributed by atoms with E-state index in [4.69, 9.17) is 5.26 Å². The van der Waals surface area contributed by atoms with Gasteiger partial charge in [-0.05, 0) is 65.7 Å². The fourth-order valence-electron chi connectivity index (χ4n) is 4.08. The average Bonchev–Trinajstić information content (AvgIpc) is 2.96. The predicted octanol–water partition coefficient (Wildman–Crippen LogP) is 5.75. The lowest BCUT2D eigenvalue weighted by molar-refractivity contribution is -0.111. The monoisotopic (exact) mass is 514 g/mol. The Morgan fingerprint density at radius 1 is 0.949 bits per heavy atom. The molecule has 0 fully saturated rings. The van der Waals surface area contributed by atoms with Crippen LogP contribution in [0.5, 0.6) is 0 Å². The molecule has 8 nitrogen and oxygen atoms in total. The normalized spacial score (nSPS) is 10.5. The number of anilines is 2. The zero-order valence-corrected chi connectivity index (χ0v) is 20.4. The Hall–Kier alpha value is -5.75. The standard InChI is InChI=1S/C30H19FN6O2/c1-2-28(38)36-23-5-3-4-19(12-23)25-13-21(11-22-16-33-17-35-29(22)25)24-7-6-20(14-26(24)31)30(39)37-27-10-18(15-32)8-9-34-27/h2-14,16-17H,1H2,(H,36,38)(H,34,37,39). The largest absolute Gasteiger partial charge is 0.323 e. The molecule has 0 saturated carbocycles. The van der Waals surface area contributed by atoms with Crippen LogP contribution in [0.3, 0.4) is 0 Å². The summed E-state index contributed by atoms with van der Waals surface area (Å²) in [6.45, 7) is 3.47. The average molecular weight is 515 g/mol. The molecule has 0 saturated heterocycles. The smallest absolute Gasteiger partial charge is 0.256 e. The number of benzene rings is 3. The zero-order chi connectivity index (χ0) is 27.4. The number of nitriles is 1. The fraction of sp³-hybridized carbons (Fsp3) is 0. The van der Waals surface area contributed by atoms with Gasteiger partial charge in [0.2, 0.25) is 5.91 Å². The third-order valence-corrected chi connectivity index (χ3v) is 5.91. The molecule has 2 N–H and O–H groups in total. The fourth-order valence-corrected chi connectivity index (χ4v) is 4.08. The van der Waals surface area contributed by atoms with E-state index < -0.39 is 11.7 Å². The molecular weight excluding hydrogens is 495 g/mol. The summed E-state index contributed by atoms with van der Waals surface area (Å²) in [5.41, 5.74) is 3.96. The van der Waals surface area contributed by atoms with Crippen LogP contribution in [0.1, 0.15) is 15.9 Å². The Kier molecular flexibility index (Phi) is 6.84. The number of nitrogens with one attached hydrogen (secondary N) is 2. The van der Waals surface area contributed by atoms with Gasteiger partial charge in [-0.3, -0.25) is 9.59 Å². The Morgan fingerprint density at radius 3 is 2.62 bits per heavy atom. The van der Waals surface area contributed by atoms with Gasteiger partial charge in [-0.25, -0.2) is 19.3 Å². The number of hydrogen-bond donors (Lipinski definition) is 2. The highest BCUT2D eigenvalue weighted by Gasteiger charge is 2.15. The highest BCUT2D eigenvalue weighted by atomic mass is 19.1. The molecule has 9 heteroatoms. The molecule has 2 aromatic heterocycles. The van der Waals surface area contributed by atoms with Crippen LogP contribution in [0.4, 0.5) is 15.9 Å². The number of carbonyl (C=O) groups excluding carboxylic acids is 2. The van der Waals surface area contributed by atoms with Crippen molar-refractivity contribution in [3.05, 3.63) is 115 Å². The van der Waals surface area contributed by atoms with Crippen LogP contribution < -0.4 is 10.6 Å². The lowest BCUT2D eigenvalue weighted by atomic mass is 9.95. The minimum Gasteiger partial charge on any atom is -0.323 e. The van der Waals surface area contributed by atoms with E-state index in [1.54, 1.807) is 36.5 Å². The van der Waals surface area contributed by atoms with Gasteiger partial charge in [-0.15, -0.1) is 0 Å². The van der Waals surface area contributed by atoms with Crippen molar-refractivity contribution < 1.29 is 14.0 Å². The van der Waals surface area contributed by atoms with E-state index in [0.717, 1.165) is 11.6 Å². The summed E-state index contributed by atoms with van der Waals surface area (Å²) in [5.74, 6) is -1.31. The molecule has 188 valence electrons.